The molecule has 0 aromatic heterocycles. The van der Waals surface area contributed by atoms with Gasteiger partial charge in [-0.3, -0.25) is 4.79 Å². The summed E-state index contributed by atoms with van der Waals surface area (Å²) >= 11 is 1.31. The summed E-state index contributed by atoms with van der Waals surface area (Å²) in [7, 11) is 0. The highest BCUT2D eigenvalue weighted by atomic mass is 127. The zero-order chi connectivity index (χ0) is 12.5. The van der Waals surface area contributed by atoms with Gasteiger partial charge in [-0.1, -0.05) is 6.07 Å². The summed E-state index contributed by atoms with van der Waals surface area (Å²) in [6.07, 6.45) is -4.61. The molecule has 3 nitrogen and oxygen atoms in total. The van der Waals surface area contributed by atoms with Crippen LogP contribution in [0.2, 0.25) is 0 Å². The fourth-order valence-electron chi connectivity index (χ4n) is 1.04. The average Bonchev–Trinajstić information content (AvgIpc) is 2.15. The minimum atomic E-state index is -4.61. The molecule has 0 heterocycles. The first-order valence-electron chi connectivity index (χ1n) is 3.88. The van der Waals surface area contributed by atoms with Gasteiger partial charge < -0.3 is 5.11 Å². The molecule has 0 aliphatic rings. The number of ketones is 1. The molecule has 0 atom stereocenters. The van der Waals surface area contributed by atoms with Gasteiger partial charge in [0.15, 0.2) is 0 Å². The van der Waals surface area contributed by atoms with Crippen LogP contribution in [0.5, 0.6) is 0 Å². The third kappa shape index (κ3) is 2.52. The number of benzene rings is 1. The predicted molar refractivity (Wildman–Crippen MR) is 56.1 cm³/mol. The van der Waals surface area contributed by atoms with Crippen LogP contribution in [0.15, 0.2) is 18.2 Å². The molecule has 0 spiro atoms. The first kappa shape index (κ1) is 12.9. The van der Waals surface area contributed by atoms with E-state index in [2.05, 4.69) is 0 Å². The van der Waals surface area contributed by atoms with E-state index < -0.39 is 32.6 Å². The summed E-state index contributed by atoms with van der Waals surface area (Å²) in [6, 6.07) is 2.84. The number of carboxylic acid groups (broad SMARTS) is 1. The molecule has 0 fully saturated rings. The molecular formula is C9H4F3IO3. The number of alkyl halides is 3. The van der Waals surface area contributed by atoms with Crippen molar-refractivity contribution in [2.24, 2.45) is 0 Å². The first-order chi connectivity index (χ1) is 7.25. The van der Waals surface area contributed by atoms with Crippen LogP contribution in [0.3, 0.4) is 0 Å². The molecule has 1 rings (SSSR count). The lowest BCUT2D eigenvalue weighted by molar-refractivity contribution is -0.138. The average molecular weight is 344 g/mol. The molecule has 1 aromatic rings. The highest BCUT2D eigenvalue weighted by Crippen LogP contribution is 2.34. The Bertz CT molecular complexity index is 454. The minimum Gasteiger partial charge on any atom is -0.475 e. The van der Waals surface area contributed by atoms with E-state index in [0.717, 1.165) is 18.2 Å². The van der Waals surface area contributed by atoms with Gasteiger partial charge in [-0.2, -0.15) is 13.2 Å². The Morgan fingerprint density at radius 3 is 2.25 bits per heavy atom. The number of Topliss-reactive ketones (excluding diaryl/α,β-unsaturated/α-hetero) is 1. The van der Waals surface area contributed by atoms with E-state index in [1.807, 2.05) is 0 Å². The Balaban J connectivity index is 3.36. The topological polar surface area (TPSA) is 54.4 Å². The maximum absolute atomic E-state index is 12.4. The first-order valence-corrected chi connectivity index (χ1v) is 4.96. The van der Waals surface area contributed by atoms with Gasteiger partial charge in [0.1, 0.15) is 0 Å². The van der Waals surface area contributed by atoms with E-state index in [1.54, 1.807) is 0 Å². The molecule has 86 valence electrons. The molecule has 0 bridgehead atoms. The molecule has 16 heavy (non-hydrogen) atoms. The van der Waals surface area contributed by atoms with Crippen molar-refractivity contribution in [1.82, 2.24) is 0 Å². The number of carbonyl (C=O) groups excluding carboxylic acids is 1. The number of carboxylic acids is 1. The van der Waals surface area contributed by atoms with Gasteiger partial charge in [0.25, 0.3) is 5.78 Å². The standard InChI is InChI=1S/C9H4F3IO3/c10-9(11,12)5-3-1-2-4(6(5)13)7(14)8(15)16/h1-3H,(H,15,16). The third-order valence-corrected chi connectivity index (χ3v) is 2.91. The number of rotatable bonds is 2. The fourth-order valence-corrected chi connectivity index (χ4v) is 1.95. The minimum absolute atomic E-state index is 0.403. The van der Waals surface area contributed by atoms with Gasteiger partial charge >= 0.3 is 12.1 Å². The van der Waals surface area contributed by atoms with Crippen LogP contribution in [0, 0.1) is 3.57 Å². The van der Waals surface area contributed by atoms with Crippen molar-refractivity contribution in [3.8, 4) is 0 Å². The summed E-state index contributed by atoms with van der Waals surface area (Å²) in [5, 5.41) is 8.42. The lowest BCUT2D eigenvalue weighted by atomic mass is 10.1. The van der Waals surface area contributed by atoms with E-state index in [1.165, 1.54) is 22.6 Å². The zero-order valence-electron chi connectivity index (χ0n) is 7.51. The lowest BCUT2D eigenvalue weighted by Crippen LogP contribution is -2.17. The van der Waals surface area contributed by atoms with Gasteiger partial charge in [0.05, 0.1) is 5.56 Å². The Kier molecular flexibility index (Phi) is 3.56. The van der Waals surface area contributed by atoms with Gasteiger partial charge in [-0.25, -0.2) is 4.79 Å². The van der Waals surface area contributed by atoms with Crippen LogP contribution in [0.25, 0.3) is 0 Å². The summed E-state index contributed by atoms with van der Waals surface area (Å²) in [4.78, 5) is 21.5. The van der Waals surface area contributed by atoms with Gasteiger partial charge in [-0.05, 0) is 34.7 Å². The zero-order valence-corrected chi connectivity index (χ0v) is 9.67. The quantitative estimate of drug-likeness (QED) is 0.510. The van der Waals surface area contributed by atoms with E-state index in [-0.39, 0.29) is 0 Å². The SMILES string of the molecule is O=C(O)C(=O)c1cccc(C(F)(F)F)c1I. The Morgan fingerprint density at radius 1 is 1.25 bits per heavy atom. The molecule has 0 unspecified atom stereocenters. The molecule has 0 aliphatic heterocycles. The number of hydrogen-bond donors (Lipinski definition) is 1. The van der Waals surface area contributed by atoms with Crippen LogP contribution in [0.4, 0.5) is 13.2 Å². The summed E-state index contributed by atoms with van der Waals surface area (Å²) in [5.41, 5.74) is -1.47. The molecule has 1 aromatic carbocycles. The van der Waals surface area contributed by atoms with Gasteiger partial charge in [-0.15, -0.1) is 0 Å². The lowest BCUT2D eigenvalue weighted by Gasteiger charge is -2.10. The number of aliphatic carboxylic acids is 1. The Labute approximate surface area is 101 Å². The largest absolute Gasteiger partial charge is 0.475 e. The summed E-state index contributed by atoms with van der Waals surface area (Å²) in [6.45, 7) is 0. The fraction of sp³-hybridized carbons (Fsp3) is 0.111. The van der Waals surface area contributed by atoms with Crippen LogP contribution < -0.4 is 0 Å². The van der Waals surface area contributed by atoms with Crippen molar-refractivity contribution in [3.63, 3.8) is 0 Å². The van der Waals surface area contributed by atoms with Crippen molar-refractivity contribution in [1.29, 1.82) is 0 Å². The highest BCUT2D eigenvalue weighted by Gasteiger charge is 2.34. The van der Waals surface area contributed by atoms with E-state index in [4.69, 9.17) is 5.11 Å². The maximum Gasteiger partial charge on any atom is 0.417 e. The van der Waals surface area contributed by atoms with E-state index in [0.29, 0.717) is 0 Å². The normalized spacial score (nSPS) is 11.2. The molecule has 7 heteroatoms. The second kappa shape index (κ2) is 4.40. The van der Waals surface area contributed by atoms with Crippen molar-refractivity contribution >= 4 is 34.3 Å². The Morgan fingerprint density at radius 2 is 1.81 bits per heavy atom. The van der Waals surface area contributed by atoms with Crippen molar-refractivity contribution in [3.05, 3.63) is 32.9 Å². The van der Waals surface area contributed by atoms with Gasteiger partial charge in [0.2, 0.25) is 0 Å². The van der Waals surface area contributed by atoms with Gasteiger partial charge in [0, 0.05) is 9.13 Å². The Hall–Kier alpha value is -1.12. The number of carbonyl (C=O) groups is 2. The molecule has 0 amide bonds. The predicted octanol–water partition coefficient (Wildman–Crippen LogP) is 2.58. The molecule has 0 radical (unpaired) electrons. The van der Waals surface area contributed by atoms with Crippen molar-refractivity contribution < 1.29 is 27.9 Å². The summed E-state index contributed by atoms with van der Waals surface area (Å²) in [5.74, 6) is -3.13. The van der Waals surface area contributed by atoms with Crippen LogP contribution >= 0.6 is 22.6 Å². The van der Waals surface area contributed by atoms with Crippen LogP contribution in [-0.2, 0) is 11.0 Å². The second-order valence-electron chi connectivity index (χ2n) is 2.80. The van der Waals surface area contributed by atoms with E-state index >= 15 is 0 Å². The highest BCUT2D eigenvalue weighted by molar-refractivity contribution is 14.1. The second-order valence-corrected chi connectivity index (χ2v) is 3.88. The van der Waals surface area contributed by atoms with Crippen molar-refractivity contribution in [2.45, 2.75) is 6.18 Å². The molecule has 0 saturated heterocycles. The molecule has 1 N–H and O–H groups in total. The monoisotopic (exact) mass is 344 g/mol. The molecular weight excluding hydrogens is 340 g/mol. The number of halogens is 4. The molecule has 0 saturated carbocycles. The van der Waals surface area contributed by atoms with Crippen molar-refractivity contribution in [2.75, 3.05) is 0 Å². The number of hydrogen-bond acceptors (Lipinski definition) is 2. The smallest absolute Gasteiger partial charge is 0.417 e. The maximum atomic E-state index is 12.4. The third-order valence-electron chi connectivity index (χ3n) is 1.74. The summed E-state index contributed by atoms with van der Waals surface area (Å²) < 4.78 is 36.9. The van der Waals surface area contributed by atoms with Crippen LogP contribution in [0.1, 0.15) is 15.9 Å². The molecule has 0 aliphatic carbocycles. The van der Waals surface area contributed by atoms with E-state index in [9.17, 15) is 22.8 Å². The van der Waals surface area contributed by atoms with Crippen LogP contribution in [-0.4, -0.2) is 16.9 Å².